The molecule has 0 spiro atoms. The van der Waals surface area contributed by atoms with E-state index in [1.165, 1.54) is 4.90 Å². The Balaban J connectivity index is 2.38. The summed E-state index contributed by atoms with van der Waals surface area (Å²) in [6.45, 7) is 3.70. The number of carboxylic acids is 1. The molecule has 2 unspecified atom stereocenters. The molecule has 0 aromatic carbocycles. The Bertz CT molecular complexity index is 518. The summed E-state index contributed by atoms with van der Waals surface area (Å²) in [7, 11) is 0. The van der Waals surface area contributed by atoms with E-state index in [-0.39, 0.29) is 35.4 Å². The van der Waals surface area contributed by atoms with E-state index in [9.17, 15) is 9.59 Å². The maximum absolute atomic E-state index is 11.7. The fourth-order valence-electron chi connectivity index (χ4n) is 1.73. The van der Waals surface area contributed by atoms with Gasteiger partial charge in [-0.15, -0.1) is 0 Å². The van der Waals surface area contributed by atoms with Gasteiger partial charge in [-0.05, 0) is 13.8 Å². The first-order valence-corrected chi connectivity index (χ1v) is 5.37. The first-order chi connectivity index (χ1) is 8.41. The van der Waals surface area contributed by atoms with Gasteiger partial charge >= 0.3 is 12.0 Å². The standard InChI is InChI=1S/C10H13N5O3/c1-4-5(2)15(10(18)13-4)9-12-3-6(8(16)17)7(11)14-9/h3-5H,1-2H3,(H,13,18)(H,16,17)(H2,11,12,14). The fourth-order valence-corrected chi connectivity index (χ4v) is 1.73. The number of rotatable bonds is 2. The van der Waals surface area contributed by atoms with Crippen LogP contribution in [0.2, 0.25) is 0 Å². The van der Waals surface area contributed by atoms with E-state index in [2.05, 4.69) is 15.3 Å². The van der Waals surface area contributed by atoms with Crippen molar-refractivity contribution in [2.45, 2.75) is 25.9 Å². The van der Waals surface area contributed by atoms with E-state index in [0.717, 1.165) is 6.20 Å². The van der Waals surface area contributed by atoms with E-state index in [0.29, 0.717) is 0 Å². The van der Waals surface area contributed by atoms with Gasteiger partial charge in [0.05, 0.1) is 6.04 Å². The lowest BCUT2D eigenvalue weighted by Gasteiger charge is -2.19. The molecule has 2 rings (SSSR count). The number of carbonyl (C=O) groups excluding carboxylic acids is 1. The predicted octanol–water partition coefficient (Wildman–Crippen LogP) is 0.0636. The molecule has 1 fully saturated rings. The molecular formula is C10H13N5O3. The van der Waals surface area contributed by atoms with Crippen LogP contribution >= 0.6 is 0 Å². The van der Waals surface area contributed by atoms with E-state index >= 15 is 0 Å². The number of urea groups is 1. The van der Waals surface area contributed by atoms with Gasteiger partial charge in [-0.2, -0.15) is 4.98 Å². The van der Waals surface area contributed by atoms with Crippen LogP contribution in [0.15, 0.2) is 6.20 Å². The monoisotopic (exact) mass is 251 g/mol. The summed E-state index contributed by atoms with van der Waals surface area (Å²) in [5.74, 6) is -1.26. The number of hydrogen-bond acceptors (Lipinski definition) is 5. The van der Waals surface area contributed by atoms with Crippen molar-refractivity contribution in [1.82, 2.24) is 15.3 Å². The van der Waals surface area contributed by atoms with Crippen molar-refractivity contribution in [2.24, 2.45) is 0 Å². The minimum absolute atomic E-state index is 0.0403. The van der Waals surface area contributed by atoms with Crippen molar-refractivity contribution in [2.75, 3.05) is 10.6 Å². The quantitative estimate of drug-likeness (QED) is 0.683. The third kappa shape index (κ3) is 1.81. The lowest BCUT2D eigenvalue weighted by atomic mass is 10.2. The fraction of sp³-hybridized carbons (Fsp3) is 0.400. The van der Waals surface area contributed by atoms with Crippen LogP contribution in [0, 0.1) is 0 Å². The molecule has 8 nitrogen and oxygen atoms in total. The maximum Gasteiger partial charge on any atom is 0.341 e. The predicted molar refractivity (Wildman–Crippen MR) is 63.3 cm³/mol. The molecule has 8 heteroatoms. The number of carbonyl (C=O) groups is 2. The van der Waals surface area contributed by atoms with Crippen molar-refractivity contribution >= 4 is 23.8 Å². The Morgan fingerprint density at radius 1 is 1.56 bits per heavy atom. The number of carboxylic acid groups (broad SMARTS) is 1. The Kier molecular flexibility index (Phi) is 2.77. The minimum Gasteiger partial charge on any atom is -0.477 e. The Hall–Kier alpha value is -2.38. The molecule has 18 heavy (non-hydrogen) atoms. The van der Waals surface area contributed by atoms with Crippen LogP contribution in [0.25, 0.3) is 0 Å². The zero-order chi connectivity index (χ0) is 13.4. The highest BCUT2D eigenvalue weighted by Gasteiger charge is 2.36. The first kappa shape index (κ1) is 12.1. The molecule has 96 valence electrons. The second-order valence-corrected chi connectivity index (χ2v) is 4.12. The smallest absolute Gasteiger partial charge is 0.341 e. The van der Waals surface area contributed by atoms with Crippen molar-refractivity contribution < 1.29 is 14.7 Å². The second-order valence-electron chi connectivity index (χ2n) is 4.12. The summed E-state index contributed by atoms with van der Waals surface area (Å²) in [5.41, 5.74) is 5.34. The lowest BCUT2D eigenvalue weighted by molar-refractivity contribution is 0.0697. The number of hydrogen-bond donors (Lipinski definition) is 3. The second kappa shape index (κ2) is 4.13. The van der Waals surface area contributed by atoms with Gasteiger partial charge in [0, 0.05) is 12.2 Å². The van der Waals surface area contributed by atoms with Gasteiger partial charge in [0.2, 0.25) is 5.95 Å². The normalized spacial score (nSPS) is 23.0. The molecule has 1 aromatic heterocycles. The van der Waals surface area contributed by atoms with Gasteiger partial charge in [0.25, 0.3) is 0 Å². The topological polar surface area (TPSA) is 121 Å². The van der Waals surface area contributed by atoms with Crippen LogP contribution in [0.4, 0.5) is 16.6 Å². The van der Waals surface area contributed by atoms with Crippen LogP contribution in [-0.4, -0.2) is 39.2 Å². The van der Waals surface area contributed by atoms with Gasteiger partial charge < -0.3 is 16.2 Å². The van der Waals surface area contributed by atoms with Gasteiger partial charge in [-0.25, -0.2) is 14.6 Å². The Morgan fingerprint density at radius 2 is 2.22 bits per heavy atom. The average molecular weight is 251 g/mol. The summed E-state index contributed by atoms with van der Waals surface area (Å²) in [6, 6.07) is -0.494. The number of aromatic nitrogens is 2. The molecule has 2 atom stereocenters. The van der Waals surface area contributed by atoms with Crippen LogP contribution in [0.1, 0.15) is 24.2 Å². The van der Waals surface area contributed by atoms with Crippen molar-refractivity contribution in [3.63, 3.8) is 0 Å². The number of aromatic carboxylic acids is 1. The molecular weight excluding hydrogens is 238 g/mol. The molecule has 1 aliphatic heterocycles. The van der Waals surface area contributed by atoms with E-state index in [1.807, 2.05) is 13.8 Å². The van der Waals surface area contributed by atoms with Gasteiger partial charge in [0.15, 0.2) is 0 Å². The van der Waals surface area contributed by atoms with Gasteiger partial charge in [-0.3, -0.25) is 4.90 Å². The number of amides is 2. The highest BCUT2D eigenvalue weighted by Crippen LogP contribution is 2.21. The van der Waals surface area contributed by atoms with Gasteiger partial charge in [-0.1, -0.05) is 0 Å². The summed E-state index contributed by atoms with van der Waals surface area (Å²) >= 11 is 0. The molecule has 0 bridgehead atoms. The van der Waals surface area contributed by atoms with Crippen LogP contribution in [0.5, 0.6) is 0 Å². The number of nitrogens with zero attached hydrogens (tertiary/aromatic N) is 3. The first-order valence-electron chi connectivity index (χ1n) is 5.37. The number of anilines is 2. The molecule has 1 aromatic rings. The molecule has 0 aliphatic carbocycles. The molecule has 4 N–H and O–H groups in total. The molecule has 2 heterocycles. The lowest BCUT2D eigenvalue weighted by Crippen LogP contribution is -2.35. The number of nitrogens with one attached hydrogen (secondary N) is 1. The van der Waals surface area contributed by atoms with Crippen LogP contribution in [0.3, 0.4) is 0 Å². The van der Waals surface area contributed by atoms with E-state index in [4.69, 9.17) is 10.8 Å². The molecule has 0 saturated carbocycles. The SMILES string of the molecule is CC1NC(=O)N(c2ncc(C(=O)O)c(N)n2)C1C. The minimum atomic E-state index is -1.20. The summed E-state index contributed by atoms with van der Waals surface area (Å²) in [6.07, 6.45) is 1.10. The van der Waals surface area contributed by atoms with E-state index < -0.39 is 5.97 Å². The highest BCUT2D eigenvalue weighted by atomic mass is 16.4. The number of nitrogens with two attached hydrogens (primary N) is 1. The number of nitrogen functional groups attached to an aromatic ring is 1. The Morgan fingerprint density at radius 3 is 2.67 bits per heavy atom. The third-order valence-electron chi connectivity index (χ3n) is 2.95. The van der Waals surface area contributed by atoms with Crippen molar-refractivity contribution in [3.8, 4) is 0 Å². The highest BCUT2D eigenvalue weighted by molar-refractivity contribution is 5.95. The van der Waals surface area contributed by atoms with Gasteiger partial charge in [0.1, 0.15) is 11.4 Å². The largest absolute Gasteiger partial charge is 0.477 e. The van der Waals surface area contributed by atoms with E-state index in [1.54, 1.807) is 0 Å². The molecule has 1 aliphatic rings. The zero-order valence-corrected chi connectivity index (χ0v) is 9.91. The molecule has 1 saturated heterocycles. The zero-order valence-electron chi connectivity index (χ0n) is 9.91. The summed E-state index contributed by atoms with van der Waals surface area (Å²) in [5, 5.41) is 11.5. The van der Waals surface area contributed by atoms with Crippen molar-refractivity contribution in [1.29, 1.82) is 0 Å². The molecule has 0 radical (unpaired) electrons. The molecule has 2 amide bonds. The maximum atomic E-state index is 11.7. The average Bonchev–Trinajstić information content (AvgIpc) is 2.52. The summed E-state index contributed by atoms with van der Waals surface area (Å²) < 4.78 is 0. The van der Waals surface area contributed by atoms with Crippen LogP contribution in [-0.2, 0) is 0 Å². The Labute approximate surface area is 103 Å². The van der Waals surface area contributed by atoms with Crippen molar-refractivity contribution in [3.05, 3.63) is 11.8 Å². The third-order valence-corrected chi connectivity index (χ3v) is 2.95. The summed E-state index contributed by atoms with van der Waals surface area (Å²) in [4.78, 5) is 31.6. The van der Waals surface area contributed by atoms with Crippen LogP contribution < -0.4 is 16.0 Å².